The van der Waals surface area contributed by atoms with Gasteiger partial charge in [0.1, 0.15) is 0 Å². The van der Waals surface area contributed by atoms with Crippen molar-refractivity contribution in [1.82, 2.24) is 4.72 Å². The van der Waals surface area contributed by atoms with Crippen molar-refractivity contribution in [3.63, 3.8) is 0 Å². The zero-order valence-corrected chi connectivity index (χ0v) is 15.6. The van der Waals surface area contributed by atoms with Crippen LogP contribution in [0.5, 0.6) is 0 Å². The molecule has 0 fully saturated rings. The van der Waals surface area contributed by atoms with E-state index in [1.54, 1.807) is 13.0 Å². The van der Waals surface area contributed by atoms with Crippen LogP contribution >= 0.6 is 0 Å². The number of rotatable bonds is 4. The summed E-state index contributed by atoms with van der Waals surface area (Å²) in [5, 5.41) is 0. The molecule has 0 saturated heterocycles. The molecule has 0 saturated carbocycles. The van der Waals surface area contributed by atoms with Gasteiger partial charge in [-0.3, -0.25) is 0 Å². The average molecular weight is 374 g/mol. The summed E-state index contributed by atoms with van der Waals surface area (Å²) < 4.78 is 33.1. The number of methoxy groups -OCH3 is 1. The summed E-state index contributed by atoms with van der Waals surface area (Å²) in [5.74, 6) is -0.488. The third kappa shape index (κ3) is 3.59. The molecule has 26 heavy (non-hydrogen) atoms. The van der Waals surface area contributed by atoms with Crippen molar-refractivity contribution in [2.75, 3.05) is 12.8 Å². The Morgan fingerprint density at radius 2 is 2.00 bits per heavy atom. The second-order valence-electron chi connectivity index (χ2n) is 6.49. The summed E-state index contributed by atoms with van der Waals surface area (Å²) in [6.07, 6.45) is 2.52. The van der Waals surface area contributed by atoms with Crippen LogP contribution in [0.4, 0.5) is 5.69 Å². The van der Waals surface area contributed by atoms with Gasteiger partial charge in [0.05, 0.1) is 17.6 Å². The zero-order chi connectivity index (χ0) is 18.9. The number of sulfonamides is 1. The van der Waals surface area contributed by atoms with E-state index in [1.165, 1.54) is 25.3 Å². The van der Waals surface area contributed by atoms with Gasteiger partial charge in [0.15, 0.2) is 0 Å². The van der Waals surface area contributed by atoms with Crippen LogP contribution in [0.15, 0.2) is 41.3 Å². The number of fused-ring (bicyclic) bond motifs is 1. The topological polar surface area (TPSA) is 98.5 Å². The molecule has 0 aliphatic heterocycles. The van der Waals surface area contributed by atoms with E-state index in [1.807, 2.05) is 12.1 Å². The van der Waals surface area contributed by atoms with Crippen molar-refractivity contribution in [2.24, 2.45) is 0 Å². The van der Waals surface area contributed by atoms with Crippen LogP contribution in [0.2, 0.25) is 0 Å². The molecule has 0 heterocycles. The lowest BCUT2D eigenvalue weighted by atomic mass is 9.88. The van der Waals surface area contributed by atoms with E-state index in [0.717, 1.165) is 30.4 Å². The molecule has 1 atom stereocenters. The lowest BCUT2D eigenvalue weighted by Gasteiger charge is -2.26. The fraction of sp³-hybridized carbons (Fsp3) is 0.316. The highest BCUT2D eigenvalue weighted by molar-refractivity contribution is 7.89. The Hall–Kier alpha value is -2.38. The minimum absolute atomic E-state index is 0.130. The average Bonchev–Trinajstić information content (AvgIpc) is 2.60. The molecule has 0 aromatic heterocycles. The number of hydrogen-bond acceptors (Lipinski definition) is 5. The van der Waals surface area contributed by atoms with E-state index >= 15 is 0 Å². The Balaban J connectivity index is 1.89. The predicted octanol–water partition coefficient (Wildman–Crippen LogP) is 2.72. The number of carbonyl (C=O) groups is 1. The quantitative estimate of drug-likeness (QED) is 0.633. The maximum absolute atomic E-state index is 12.8. The van der Waals surface area contributed by atoms with Crippen LogP contribution < -0.4 is 10.5 Å². The van der Waals surface area contributed by atoms with Crippen molar-refractivity contribution >= 4 is 21.7 Å². The number of ether oxygens (including phenoxy) is 1. The Kier molecular flexibility index (Phi) is 5.02. The van der Waals surface area contributed by atoms with Crippen LogP contribution in [-0.2, 0) is 21.2 Å². The second kappa shape index (κ2) is 7.09. The highest BCUT2D eigenvalue weighted by Gasteiger charge is 2.26. The first-order chi connectivity index (χ1) is 12.3. The van der Waals surface area contributed by atoms with E-state index in [4.69, 9.17) is 10.5 Å². The van der Waals surface area contributed by atoms with Crippen LogP contribution in [0.25, 0.3) is 0 Å². The van der Waals surface area contributed by atoms with Gasteiger partial charge in [-0.15, -0.1) is 0 Å². The predicted molar refractivity (Wildman–Crippen MR) is 99.4 cm³/mol. The molecular formula is C19H22N2O4S. The van der Waals surface area contributed by atoms with Gasteiger partial charge in [0.25, 0.3) is 0 Å². The molecule has 0 bridgehead atoms. The van der Waals surface area contributed by atoms with Crippen molar-refractivity contribution < 1.29 is 17.9 Å². The highest BCUT2D eigenvalue weighted by atomic mass is 32.2. The Morgan fingerprint density at radius 1 is 1.23 bits per heavy atom. The largest absolute Gasteiger partial charge is 0.465 e. The van der Waals surface area contributed by atoms with E-state index in [2.05, 4.69) is 4.72 Å². The molecule has 7 heteroatoms. The maximum atomic E-state index is 12.8. The Morgan fingerprint density at radius 3 is 2.69 bits per heavy atom. The molecule has 6 nitrogen and oxygen atoms in total. The number of hydrogen-bond donors (Lipinski definition) is 2. The summed E-state index contributed by atoms with van der Waals surface area (Å²) in [6.45, 7) is 1.68. The molecule has 138 valence electrons. The molecule has 1 aliphatic carbocycles. The zero-order valence-electron chi connectivity index (χ0n) is 14.8. The summed E-state index contributed by atoms with van der Waals surface area (Å²) in [6, 6.07) is 9.69. The molecule has 3 N–H and O–H groups in total. The fourth-order valence-electron chi connectivity index (χ4n) is 3.35. The number of nitrogens with two attached hydrogens (primary N) is 1. The molecule has 2 aromatic carbocycles. The second-order valence-corrected chi connectivity index (χ2v) is 8.21. The standard InChI is InChI=1S/C19H22N2O4S/c1-12-10-15(7-9-16(12)19(22)25-2)26(23,24)21-18-5-3-4-13-11-14(20)6-8-17(13)18/h6-11,18,21H,3-5,20H2,1-2H3. The smallest absolute Gasteiger partial charge is 0.338 e. The lowest BCUT2D eigenvalue weighted by Crippen LogP contribution is -2.31. The summed E-state index contributed by atoms with van der Waals surface area (Å²) in [5.41, 5.74) is 9.48. The maximum Gasteiger partial charge on any atom is 0.338 e. The van der Waals surface area contributed by atoms with Crippen molar-refractivity contribution in [2.45, 2.75) is 37.1 Å². The minimum Gasteiger partial charge on any atom is -0.465 e. The fourth-order valence-corrected chi connectivity index (χ4v) is 4.69. The molecular weight excluding hydrogens is 352 g/mol. The van der Waals surface area contributed by atoms with Gasteiger partial charge in [-0.25, -0.2) is 17.9 Å². The number of aryl methyl sites for hydroxylation is 2. The molecule has 0 spiro atoms. The van der Waals surface area contributed by atoms with Gasteiger partial charge in [-0.2, -0.15) is 0 Å². The minimum atomic E-state index is -3.72. The molecule has 3 rings (SSSR count). The SMILES string of the molecule is COC(=O)c1ccc(S(=O)(=O)NC2CCCc3cc(N)ccc32)cc1C. The van der Waals surface area contributed by atoms with Crippen molar-refractivity contribution in [3.8, 4) is 0 Å². The van der Waals surface area contributed by atoms with E-state index in [9.17, 15) is 13.2 Å². The molecule has 2 aromatic rings. The monoisotopic (exact) mass is 374 g/mol. The van der Waals surface area contributed by atoms with Crippen LogP contribution in [0, 0.1) is 6.92 Å². The number of anilines is 1. The van der Waals surface area contributed by atoms with Gasteiger partial charge >= 0.3 is 5.97 Å². The van der Waals surface area contributed by atoms with Gasteiger partial charge in [-0.05, 0) is 73.2 Å². The van der Waals surface area contributed by atoms with Crippen LogP contribution in [0.3, 0.4) is 0 Å². The first-order valence-corrected chi connectivity index (χ1v) is 9.90. The Labute approximate surface area is 153 Å². The molecule has 1 unspecified atom stereocenters. The number of nitrogen functional groups attached to an aromatic ring is 1. The molecule has 0 radical (unpaired) electrons. The lowest BCUT2D eigenvalue weighted by molar-refractivity contribution is 0.0600. The third-order valence-corrected chi connectivity index (χ3v) is 6.16. The highest BCUT2D eigenvalue weighted by Crippen LogP contribution is 2.32. The normalized spacial score (nSPS) is 16.8. The van der Waals surface area contributed by atoms with Gasteiger partial charge in [-0.1, -0.05) is 6.07 Å². The van der Waals surface area contributed by atoms with Crippen molar-refractivity contribution in [1.29, 1.82) is 0 Å². The summed E-state index contributed by atoms with van der Waals surface area (Å²) >= 11 is 0. The van der Waals surface area contributed by atoms with E-state index < -0.39 is 16.0 Å². The van der Waals surface area contributed by atoms with Gasteiger partial charge in [0.2, 0.25) is 10.0 Å². The van der Waals surface area contributed by atoms with Crippen molar-refractivity contribution in [3.05, 3.63) is 58.7 Å². The summed E-state index contributed by atoms with van der Waals surface area (Å²) in [7, 11) is -2.42. The van der Waals surface area contributed by atoms with Gasteiger partial charge in [0, 0.05) is 11.7 Å². The van der Waals surface area contributed by atoms with Crippen LogP contribution in [0.1, 0.15) is 45.9 Å². The summed E-state index contributed by atoms with van der Waals surface area (Å²) in [4.78, 5) is 11.8. The molecule has 0 amide bonds. The number of benzene rings is 2. The van der Waals surface area contributed by atoms with Gasteiger partial charge < -0.3 is 10.5 Å². The number of carbonyl (C=O) groups excluding carboxylic acids is 1. The van der Waals surface area contributed by atoms with Crippen LogP contribution in [-0.4, -0.2) is 21.5 Å². The Bertz CT molecular complexity index is 954. The number of nitrogens with one attached hydrogen (secondary N) is 1. The third-order valence-electron chi connectivity index (χ3n) is 4.69. The first-order valence-electron chi connectivity index (χ1n) is 8.41. The van der Waals surface area contributed by atoms with E-state index in [-0.39, 0.29) is 10.9 Å². The molecule has 1 aliphatic rings. The number of esters is 1. The van der Waals surface area contributed by atoms with E-state index in [0.29, 0.717) is 16.8 Å². The first kappa shape index (κ1) is 18.4.